The maximum Gasteiger partial charge on any atom is 0.253 e. The predicted octanol–water partition coefficient (Wildman–Crippen LogP) is 3.91. The maximum absolute atomic E-state index is 6.20. The number of rotatable bonds is 4. The van der Waals surface area contributed by atoms with Crippen LogP contribution < -0.4 is 14.8 Å². The van der Waals surface area contributed by atoms with E-state index in [-0.39, 0.29) is 0 Å². The van der Waals surface area contributed by atoms with Crippen molar-refractivity contribution in [2.75, 3.05) is 18.5 Å². The number of anilines is 1. The van der Waals surface area contributed by atoms with Gasteiger partial charge >= 0.3 is 0 Å². The van der Waals surface area contributed by atoms with Gasteiger partial charge in [-0.3, -0.25) is 0 Å². The topological polar surface area (TPSA) is 74.1 Å². The van der Waals surface area contributed by atoms with Crippen molar-refractivity contribution in [2.24, 2.45) is 0 Å². The van der Waals surface area contributed by atoms with E-state index in [1.54, 1.807) is 17.1 Å². The number of halogens is 1. The van der Waals surface area contributed by atoms with Gasteiger partial charge in [-0.2, -0.15) is 15.1 Å². The number of thiophene rings is 1. The number of hydrogen-bond acceptors (Lipinski definition) is 7. The molecule has 9 heteroatoms. The highest BCUT2D eigenvalue weighted by Gasteiger charge is 2.14. The van der Waals surface area contributed by atoms with Gasteiger partial charge in [-0.1, -0.05) is 17.7 Å². The molecule has 1 aliphatic rings. The number of fused-ring (bicyclic) bond motifs is 2. The first-order valence-electron chi connectivity index (χ1n) is 8.36. The number of hydrogen-bond donors (Lipinski definition) is 1. The fourth-order valence-electron chi connectivity index (χ4n) is 2.89. The van der Waals surface area contributed by atoms with E-state index in [0.29, 0.717) is 35.9 Å². The molecule has 7 nitrogen and oxygen atoms in total. The van der Waals surface area contributed by atoms with Crippen LogP contribution in [0.2, 0.25) is 4.34 Å². The molecule has 0 bridgehead atoms. The van der Waals surface area contributed by atoms with Crippen molar-refractivity contribution in [2.45, 2.75) is 6.54 Å². The van der Waals surface area contributed by atoms with Crippen LogP contribution in [-0.4, -0.2) is 33.0 Å². The first-order valence-corrected chi connectivity index (χ1v) is 9.55. The normalized spacial score (nSPS) is 13.1. The minimum Gasteiger partial charge on any atom is -0.486 e. The average Bonchev–Trinajstić information content (AvgIpc) is 3.34. The first kappa shape index (κ1) is 16.3. The number of benzene rings is 1. The molecule has 4 aromatic rings. The van der Waals surface area contributed by atoms with E-state index in [1.807, 2.05) is 30.3 Å². The summed E-state index contributed by atoms with van der Waals surface area (Å²) in [6, 6.07) is 9.62. The van der Waals surface area contributed by atoms with E-state index >= 15 is 0 Å². The third-order valence-electron chi connectivity index (χ3n) is 4.13. The Morgan fingerprint density at radius 2 is 2.04 bits per heavy atom. The van der Waals surface area contributed by atoms with Crippen molar-refractivity contribution in [1.29, 1.82) is 0 Å². The lowest BCUT2D eigenvalue weighted by Gasteiger charge is -2.19. The lowest BCUT2D eigenvalue weighted by Crippen LogP contribution is -2.15. The maximum atomic E-state index is 6.20. The summed E-state index contributed by atoms with van der Waals surface area (Å²) in [5, 5.41) is 8.49. The van der Waals surface area contributed by atoms with E-state index in [2.05, 4.69) is 20.4 Å². The molecular weight excluding hydrogens is 386 g/mol. The molecule has 0 atom stereocenters. The summed E-state index contributed by atoms with van der Waals surface area (Å²) in [7, 11) is 0. The Hall–Kier alpha value is -2.84. The zero-order chi connectivity index (χ0) is 18.2. The Labute approximate surface area is 163 Å². The molecule has 0 saturated heterocycles. The molecule has 136 valence electrons. The van der Waals surface area contributed by atoms with Crippen LogP contribution in [-0.2, 0) is 6.54 Å². The summed E-state index contributed by atoms with van der Waals surface area (Å²) in [4.78, 5) is 10.00. The van der Waals surface area contributed by atoms with Gasteiger partial charge in [0.15, 0.2) is 11.5 Å². The van der Waals surface area contributed by atoms with Crippen molar-refractivity contribution < 1.29 is 9.47 Å². The van der Waals surface area contributed by atoms with Gasteiger partial charge in [-0.15, -0.1) is 11.3 Å². The number of nitrogens with zero attached hydrogens (tertiary/aromatic N) is 4. The quantitative estimate of drug-likeness (QED) is 0.560. The van der Waals surface area contributed by atoms with Crippen molar-refractivity contribution in [3.8, 4) is 17.4 Å². The van der Waals surface area contributed by atoms with Crippen LogP contribution in [0.5, 0.6) is 11.5 Å². The molecule has 3 aromatic heterocycles. The van der Waals surface area contributed by atoms with Crippen LogP contribution in [0, 0.1) is 0 Å². The molecule has 0 unspecified atom stereocenters. The Morgan fingerprint density at radius 3 is 2.89 bits per heavy atom. The highest BCUT2D eigenvalue weighted by atomic mass is 35.5. The Morgan fingerprint density at radius 1 is 1.15 bits per heavy atom. The Kier molecular flexibility index (Phi) is 4.06. The summed E-state index contributed by atoms with van der Waals surface area (Å²) in [6.07, 6.45) is 3.50. The van der Waals surface area contributed by atoms with Gasteiger partial charge < -0.3 is 14.8 Å². The highest BCUT2D eigenvalue weighted by Crippen LogP contribution is 2.34. The molecule has 0 spiro atoms. The third kappa shape index (κ3) is 3.17. The summed E-state index contributed by atoms with van der Waals surface area (Å²) in [5.74, 6) is 2.75. The second kappa shape index (κ2) is 6.71. The minimum atomic E-state index is 0.496. The van der Waals surface area contributed by atoms with Gasteiger partial charge in [-0.05, 0) is 29.8 Å². The smallest absolute Gasteiger partial charge is 0.253 e. The van der Waals surface area contributed by atoms with Gasteiger partial charge in [0.05, 0.1) is 9.72 Å². The van der Waals surface area contributed by atoms with Crippen LogP contribution in [0.25, 0.3) is 16.2 Å². The molecule has 1 N–H and O–H groups in total. The van der Waals surface area contributed by atoms with E-state index in [9.17, 15) is 0 Å². The Bertz CT molecular complexity index is 1110. The van der Waals surface area contributed by atoms with E-state index in [1.165, 1.54) is 11.3 Å². The Balaban J connectivity index is 1.47. The third-order valence-corrected chi connectivity index (χ3v) is 5.28. The van der Waals surface area contributed by atoms with E-state index in [4.69, 9.17) is 21.1 Å². The monoisotopic (exact) mass is 399 g/mol. The lowest BCUT2D eigenvalue weighted by molar-refractivity contribution is 0.171. The minimum absolute atomic E-state index is 0.496. The van der Waals surface area contributed by atoms with Gasteiger partial charge in [0, 0.05) is 18.9 Å². The van der Waals surface area contributed by atoms with Crippen LogP contribution >= 0.6 is 22.9 Å². The van der Waals surface area contributed by atoms with Crippen LogP contribution in [0.3, 0.4) is 0 Å². The van der Waals surface area contributed by atoms with Crippen molar-refractivity contribution in [3.05, 3.63) is 52.6 Å². The molecule has 0 aliphatic carbocycles. The van der Waals surface area contributed by atoms with Gasteiger partial charge in [0.25, 0.3) is 5.95 Å². The average molecular weight is 400 g/mol. The van der Waals surface area contributed by atoms with Gasteiger partial charge in [-0.25, -0.2) is 4.68 Å². The molecule has 1 aromatic carbocycles. The summed E-state index contributed by atoms with van der Waals surface area (Å²) in [5.41, 5.74) is 1.06. The predicted molar refractivity (Wildman–Crippen MR) is 104 cm³/mol. The molecular formula is C18H14ClN5O2S. The van der Waals surface area contributed by atoms with Crippen LogP contribution in [0.1, 0.15) is 5.56 Å². The first-order chi connectivity index (χ1) is 13.3. The van der Waals surface area contributed by atoms with Gasteiger partial charge in [0.1, 0.15) is 23.9 Å². The van der Waals surface area contributed by atoms with E-state index < -0.39 is 0 Å². The molecule has 0 radical (unpaired) electrons. The fourth-order valence-corrected chi connectivity index (χ4v) is 3.97. The summed E-state index contributed by atoms with van der Waals surface area (Å²) < 4.78 is 13.5. The second-order valence-electron chi connectivity index (χ2n) is 5.92. The van der Waals surface area contributed by atoms with Crippen LogP contribution in [0.4, 0.5) is 5.82 Å². The zero-order valence-electron chi connectivity index (χ0n) is 14.1. The molecule has 0 amide bonds. The summed E-state index contributed by atoms with van der Waals surface area (Å²) >= 11 is 7.61. The van der Waals surface area contributed by atoms with Gasteiger partial charge in [0.2, 0.25) is 0 Å². The highest BCUT2D eigenvalue weighted by molar-refractivity contribution is 7.22. The molecule has 0 fully saturated rings. The number of ether oxygens (including phenoxy) is 2. The largest absolute Gasteiger partial charge is 0.486 e. The molecule has 5 rings (SSSR count). The number of aromatic nitrogens is 4. The SMILES string of the molecule is Clc1cc2c(NCc3ccc4c(c3)OCCO4)nc(-n3cccn3)nc2s1. The van der Waals surface area contributed by atoms with Crippen molar-refractivity contribution in [3.63, 3.8) is 0 Å². The molecule has 0 saturated carbocycles. The van der Waals surface area contributed by atoms with Crippen molar-refractivity contribution in [1.82, 2.24) is 19.7 Å². The molecule has 27 heavy (non-hydrogen) atoms. The zero-order valence-corrected chi connectivity index (χ0v) is 15.6. The second-order valence-corrected chi connectivity index (χ2v) is 7.59. The van der Waals surface area contributed by atoms with Crippen LogP contribution in [0.15, 0.2) is 42.7 Å². The molecule has 1 aliphatic heterocycles. The van der Waals surface area contributed by atoms with Crippen molar-refractivity contribution >= 4 is 39.0 Å². The standard InChI is InChI=1S/C18H14ClN5O2S/c19-15-9-12-16(22-18(23-17(12)27-15)24-5-1-4-21-24)20-10-11-2-3-13-14(8-11)26-7-6-25-13/h1-5,8-9H,6-7,10H2,(H,20,22,23). The number of nitrogens with one attached hydrogen (secondary N) is 1. The lowest BCUT2D eigenvalue weighted by atomic mass is 10.2. The molecule has 4 heterocycles. The summed E-state index contributed by atoms with van der Waals surface area (Å²) in [6.45, 7) is 1.73. The van der Waals surface area contributed by atoms with E-state index in [0.717, 1.165) is 27.3 Å². The fraction of sp³-hybridized carbons (Fsp3) is 0.167.